The normalized spacial score (nSPS) is 17.2. The van der Waals surface area contributed by atoms with Crippen molar-refractivity contribution in [3.05, 3.63) is 47.8 Å². The van der Waals surface area contributed by atoms with E-state index in [1.165, 1.54) is 18.4 Å². The summed E-state index contributed by atoms with van der Waals surface area (Å²) in [6.45, 7) is 7.39. The molecule has 0 bridgehead atoms. The van der Waals surface area contributed by atoms with Gasteiger partial charge >= 0.3 is 0 Å². The zero-order chi connectivity index (χ0) is 14.4. The molecule has 1 aromatic carbocycles. The Morgan fingerprint density at radius 2 is 1.80 bits per heavy atom. The van der Waals surface area contributed by atoms with E-state index in [2.05, 4.69) is 51.1 Å². The monoisotopic (exact) mass is 269 g/mol. The fourth-order valence-electron chi connectivity index (χ4n) is 2.58. The summed E-state index contributed by atoms with van der Waals surface area (Å²) >= 11 is 0. The maximum atomic E-state index is 5.87. The summed E-state index contributed by atoms with van der Waals surface area (Å²) in [5, 5.41) is 4.71. The Morgan fingerprint density at radius 3 is 2.30 bits per heavy atom. The lowest BCUT2D eigenvalue weighted by molar-refractivity contribution is 0.590. The van der Waals surface area contributed by atoms with Crippen LogP contribution in [0.3, 0.4) is 0 Å². The van der Waals surface area contributed by atoms with Crippen molar-refractivity contribution in [1.82, 2.24) is 9.78 Å². The number of nitrogens with zero attached hydrogens (tertiary/aromatic N) is 2. The molecule has 0 unspecified atom stereocenters. The number of aromatic nitrogens is 2. The van der Waals surface area contributed by atoms with Gasteiger partial charge in [0.25, 0.3) is 0 Å². The second kappa shape index (κ2) is 4.45. The molecule has 0 saturated heterocycles. The van der Waals surface area contributed by atoms with E-state index < -0.39 is 0 Å². The summed E-state index contributed by atoms with van der Waals surface area (Å²) in [5.74, 6) is 0. The van der Waals surface area contributed by atoms with Crippen molar-refractivity contribution < 1.29 is 0 Å². The minimum Gasteiger partial charge on any atom is -0.330 e. The number of rotatable bonds is 3. The molecule has 0 amide bonds. The molecule has 1 aliphatic rings. The summed E-state index contributed by atoms with van der Waals surface area (Å²) in [6, 6.07) is 10.8. The molecule has 3 nitrogen and oxygen atoms in total. The van der Waals surface area contributed by atoms with Crippen LogP contribution in [0.25, 0.3) is 5.69 Å². The minimum absolute atomic E-state index is 0.163. The summed E-state index contributed by atoms with van der Waals surface area (Å²) in [5.41, 5.74) is 9.81. The van der Waals surface area contributed by atoms with Gasteiger partial charge in [-0.25, -0.2) is 4.68 Å². The molecule has 1 aromatic heterocycles. The fourth-order valence-corrected chi connectivity index (χ4v) is 2.58. The van der Waals surface area contributed by atoms with E-state index in [1.807, 2.05) is 10.9 Å². The van der Waals surface area contributed by atoms with Gasteiger partial charge in [0.15, 0.2) is 0 Å². The van der Waals surface area contributed by atoms with Gasteiger partial charge < -0.3 is 5.73 Å². The molecule has 1 saturated carbocycles. The lowest BCUT2D eigenvalue weighted by Crippen LogP contribution is -2.20. The second-order valence-electron chi connectivity index (χ2n) is 6.93. The lowest BCUT2D eigenvalue weighted by atomic mass is 9.87. The molecule has 2 N–H and O–H groups in total. The molecule has 3 rings (SSSR count). The zero-order valence-electron chi connectivity index (χ0n) is 12.6. The highest BCUT2D eigenvalue weighted by atomic mass is 15.3. The van der Waals surface area contributed by atoms with Gasteiger partial charge in [-0.1, -0.05) is 32.9 Å². The molecule has 20 heavy (non-hydrogen) atoms. The number of hydrogen-bond donors (Lipinski definition) is 1. The highest BCUT2D eigenvalue weighted by Crippen LogP contribution is 2.46. The van der Waals surface area contributed by atoms with Crippen molar-refractivity contribution in [2.45, 2.75) is 44.4 Å². The van der Waals surface area contributed by atoms with Crippen LogP contribution in [-0.4, -0.2) is 16.3 Å². The first kappa shape index (κ1) is 13.4. The molecule has 1 fully saturated rings. The van der Waals surface area contributed by atoms with Crippen molar-refractivity contribution in [3.63, 3.8) is 0 Å². The van der Waals surface area contributed by atoms with Crippen LogP contribution in [0.5, 0.6) is 0 Å². The van der Waals surface area contributed by atoms with E-state index in [4.69, 9.17) is 10.8 Å². The van der Waals surface area contributed by atoms with E-state index in [1.54, 1.807) is 0 Å². The standard InChI is InChI=1S/C17H23N3/c1-16(2,3)13-4-6-14(7-5-13)20-11-8-15(19-20)17(12-18)9-10-17/h4-8,11H,9-10,12,18H2,1-3H3. The van der Waals surface area contributed by atoms with Gasteiger partial charge in [0.2, 0.25) is 0 Å². The highest BCUT2D eigenvalue weighted by molar-refractivity contribution is 5.37. The predicted molar refractivity (Wildman–Crippen MR) is 82.2 cm³/mol. The molecule has 1 aliphatic carbocycles. The van der Waals surface area contributed by atoms with Crippen LogP contribution >= 0.6 is 0 Å². The van der Waals surface area contributed by atoms with Crippen LogP contribution in [0.2, 0.25) is 0 Å². The molecule has 0 spiro atoms. The van der Waals surface area contributed by atoms with E-state index in [0.717, 1.165) is 11.4 Å². The maximum Gasteiger partial charge on any atom is 0.0703 e. The molecule has 106 valence electrons. The fraction of sp³-hybridized carbons (Fsp3) is 0.471. The Bertz CT molecular complexity index is 598. The average molecular weight is 269 g/mol. The van der Waals surface area contributed by atoms with Gasteiger partial charge in [-0.05, 0) is 42.0 Å². The van der Waals surface area contributed by atoms with Gasteiger partial charge in [-0.3, -0.25) is 0 Å². The van der Waals surface area contributed by atoms with Crippen LogP contribution in [-0.2, 0) is 10.8 Å². The summed E-state index contributed by atoms with van der Waals surface area (Å²) in [6.07, 6.45) is 4.38. The molecule has 1 heterocycles. The Balaban J connectivity index is 1.87. The Hall–Kier alpha value is -1.61. The third kappa shape index (κ3) is 2.27. The molecule has 2 aromatic rings. The Labute approximate surface area is 120 Å². The van der Waals surface area contributed by atoms with Gasteiger partial charge in [-0.2, -0.15) is 5.10 Å². The van der Waals surface area contributed by atoms with Crippen LogP contribution in [0.15, 0.2) is 36.5 Å². The number of nitrogens with two attached hydrogens (primary N) is 1. The first-order chi connectivity index (χ1) is 9.44. The minimum atomic E-state index is 0.163. The molecule has 0 radical (unpaired) electrons. The Morgan fingerprint density at radius 1 is 1.15 bits per heavy atom. The number of benzene rings is 1. The van der Waals surface area contributed by atoms with Crippen molar-refractivity contribution in [2.24, 2.45) is 5.73 Å². The van der Waals surface area contributed by atoms with E-state index >= 15 is 0 Å². The molecular weight excluding hydrogens is 246 g/mol. The SMILES string of the molecule is CC(C)(C)c1ccc(-n2ccc(C3(CN)CC3)n2)cc1. The van der Waals surface area contributed by atoms with Gasteiger partial charge in [0, 0.05) is 18.2 Å². The highest BCUT2D eigenvalue weighted by Gasteiger charge is 2.44. The second-order valence-corrected chi connectivity index (χ2v) is 6.93. The van der Waals surface area contributed by atoms with Crippen molar-refractivity contribution >= 4 is 0 Å². The van der Waals surface area contributed by atoms with E-state index in [-0.39, 0.29) is 10.8 Å². The molecule has 0 atom stereocenters. The van der Waals surface area contributed by atoms with E-state index in [0.29, 0.717) is 6.54 Å². The van der Waals surface area contributed by atoms with Crippen molar-refractivity contribution in [1.29, 1.82) is 0 Å². The third-order valence-electron chi connectivity index (χ3n) is 4.37. The largest absolute Gasteiger partial charge is 0.330 e. The van der Waals surface area contributed by atoms with E-state index in [9.17, 15) is 0 Å². The van der Waals surface area contributed by atoms with Gasteiger partial charge in [-0.15, -0.1) is 0 Å². The predicted octanol–water partition coefficient (Wildman–Crippen LogP) is 3.16. The van der Waals surface area contributed by atoms with Gasteiger partial charge in [0.1, 0.15) is 0 Å². The third-order valence-corrected chi connectivity index (χ3v) is 4.37. The van der Waals surface area contributed by atoms with Crippen LogP contribution in [0.1, 0.15) is 44.9 Å². The summed E-state index contributed by atoms with van der Waals surface area (Å²) in [7, 11) is 0. The molecule has 0 aliphatic heterocycles. The maximum absolute atomic E-state index is 5.87. The quantitative estimate of drug-likeness (QED) is 0.930. The first-order valence-electron chi connectivity index (χ1n) is 7.32. The average Bonchev–Trinajstić information content (AvgIpc) is 3.07. The lowest BCUT2D eigenvalue weighted by Gasteiger charge is -2.19. The topological polar surface area (TPSA) is 43.8 Å². The molecule has 3 heteroatoms. The van der Waals surface area contributed by atoms with Crippen molar-refractivity contribution in [3.8, 4) is 5.69 Å². The number of hydrogen-bond acceptors (Lipinski definition) is 2. The molecular formula is C17H23N3. The van der Waals surface area contributed by atoms with Crippen LogP contribution < -0.4 is 5.73 Å². The first-order valence-corrected chi connectivity index (χ1v) is 7.32. The van der Waals surface area contributed by atoms with Crippen LogP contribution in [0, 0.1) is 0 Å². The van der Waals surface area contributed by atoms with Crippen LogP contribution in [0.4, 0.5) is 0 Å². The Kier molecular flexibility index (Phi) is 2.98. The summed E-state index contributed by atoms with van der Waals surface area (Å²) in [4.78, 5) is 0. The summed E-state index contributed by atoms with van der Waals surface area (Å²) < 4.78 is 1.96. The van der Waals surface area contributed by atoms with Crippen molar-refractivity contribution in [2.75, 3.05) is 6.54 Å². The van der Waals surface area contributed by atoms with Gasteiger partial charge in [0.05, 0.1) is 11.4 Å². The zero-order valence-corrected chi connectivity index (χ0v) is 12.6. The smallest absolute Gasteiger partial charge is 0.0703 e.